The molecule has 0 saturated heterocycles. The fraction of sp³-hybridized carbons (Fsp3) is 0. The van der Waals surface area contributed by atoms with Gasteiger partial charge in [-0.1, -0.05) is 125 Å². The third-order valence-corrected chi connectivity index (χ3v) is 8.92. The largest absolute Gasteiger partial charge is 2.00 e. The molecule has 0 N–H and O–H groups in total. The summed E-state index contributed by atoms with van der Waals surface area (Å²) >= 11 is 0. The molecule has 0 amide bonds. The van der Waals surface area contributed by atoms with Crippen molar-refractivity contribution in [2.75, 3.05) is 0 Å². The Bertz CT molecular complexity index is 2830. The van der Waals surface area contributed by atoms with Crippen molar-refractivity contribution in [3.63, 3.8) is 0 Å². The maximum atomic E-state index is 6.46. The minimum atomic E-state index is 0. The predicted molar refractivity (Wildman–Crippen MR) is 187 cm³/mol. The summed E-state index contributed by atoms with van der Waals surface area (Å²) in [6, 6.07) is 46.7. The number of benzene rings is 5. The summed E-state index contributed by atoms with van der Waals surface area (Å²) in [4.78, 5) is 14.2. The number of ether oxygens (including phenoxy) is 1. The minimum Gasteiger partial charge on any atom is -0.497 e. The Kier molecular flexibility index (Phi) is 6.59. The quantitative estimate of drug-likeness (QED) is 0.132. The monoisotopic (exact) mass is 796 g/mol. The van der Waals surface area contributed by atoms with Crippen LogP contribution in [-0.4, -0.2) is 23.8 Å². The molecule has 0 atom stereocenters. The summed E-state index contributed by atoms with van der Waals surface area (Å²) < 4.78 is 10.7. The first-order valence-electron chi connectivity index (χ1n) is 15.4. The molecule has 10 rings (SSSR count). The average molecular weight is 797 g/mol. The molecule has 7 heteroatoms. The van der Waals surface area contributed by atoms with Crippen LogP contribution < -0.4 is 4.74 Å². The van der Waals surface area contributed by atoms with E-state index in [1.807, 2.05) is 47.1 Å². The van der Waals surface area contributed by atoms with Crippen molar-refractivity contribution >= 4 is 54.8 Å². The fourth-order valence-corrected chi connectivity index (χ4v) is 6.79. The molecule has 5 aromatic heterocycles. The van der Waals surface area contributed by atoms with Crippen molar-refractivity contribution < 1.29 is 25.8 Å². The van der Waals surface area contributed by atoms with Gasteiger partial charge in [0.15, 0.2) is 0 Å². The molecular weight excluding hydrogens is 774 g/mol. The topological polar surface area (TPSA) is 56.7 Å². The molecule has 0 fully saturated rings. The summed E-state index contributed by atoms with van der Waals surface area (Å²) in [5.41, 5.74) is 7.98. The molecule has 5 heterocycles. The van der Waals surface area contributed by atoms with Gasteiger partial charge in [0.2, 0.25) is 0 Å². The third kappa shape index (κ3) is 4.34. The van der Waals surface area contributed by atoms with Crippen LogP contribution in [0.3, 0.4) is 0 Å². The van der Waals surface area contributed by atoms with E-state index in [1.165, 1.54) is 5.56 Å². The maximum absolute atomic E-state index is 6.46. The van der Waals surface area contributed by atoms with Crippen LogP contribution in [0.15, 0.2) is 140 Å². The van der Waals surface area contributed by atoms with Crippen LogP contribution in [0.1, 0.15) is 0 Å². The first-order chi connectivity index (χ1) is 23.3. The number of nitrogens with zero attached hydrogens (tertiary/aromatic N) is 5. The molecule has 48 heavy (non-hydrogen) atoms. The Balaban J connectivity index is 0.00000314. The molecule has 228 valence electrons. The standard InChI is InChI=1S/C41H23N5O.Pt/c1-3-8-26(9-4-1)28-13-16-33-31-17-14-30(24-36(31)41-44-25-38(46(41)37(33)22-28)27-10-5-2-6-11-27)47-29-15-18-32-34-12-7-19-42-39(34)45-21-20-43-40(45)35(32)23-29;/h1-22,25H;/q-2;+2. The molecule has 0 aliphatic heterocycles. The van der Waals surface area contributed by atoms with Crippen LogP contribution in [0.4, 0.5) is 0 Å². The van der Waals surface area contributed by atoms with Crippen molar-refractivity contribution in [1.82, 2.24) is 23.8 Å². The van der Waals surface area contributed by atoms with Gasteiger partial charge >= 0.3 is 21.1 Å². The molecular formula is C41H23N5OPt. The van der Waals surface area contributed by atoms with Crippen LogP contribution in [0.5, 0.6) is 11.5 Å². The van der Waals surface area contributed by atoms with E-state index >= 15 is 0 Å². The summed E-state index contributed by atoms with van der Waals surface area (Å²) in [5.74, 6) is 1.17. The zero-order chi connectivity index (χ0) is 30.9. The van der Waals surface area contributed by atoms with Crippen molar-refractivity contribution in [2.45, 2.75) is 0 Å². The van der Waals surface area contributed by atoms with Crippen LogP contribution in [0.25, 0.3) is 77.2 Å². The summed E-state index contributed by atoms with van der Waals surface area (Å²) in [6.45, 7) is 0. The second kappa shape index (κ2) is 11.1. The normalized spacial score (nSPS) is 11.6. The Morgan fingerprint density at radius 1 is 0.521 bits per heavy atom. The van der Waals surface area contributed by atoms with Crippen molar-refractivity contribution in [3.05, 3.63) is 152 Å². The van der Waals surface area contributed by atoms with Gasteiger partial charge in [-0.05, 0) is 39.6 Å². The van der Waals surface area contributed by atoms with Crippen molar-refractivity contribution in [1.29, 1.82) is 0 Å². The van der Waals surface area contributed by atoms with Gasteiger partial charge in [-0.3, -0.25) is 9.97 Å². The van der Waals surface area contributed by atoms with E-state index in [0.29, 0.717) is 11.5 Å². The van der Waals surface area contributed by atoms with Crippen LogP contribution in [0.2, 0.25) is 0 Å². The molecule has 5 aromatic carbocycles. The maximum Gasteiger partial charge on any atom is 2.00 e. The second-order valence-corrected chi connectivity index (χ2v) is 11.6. The number of hydrogen-bond acceptors (Lipinski definition) is 4. The van der Waals surface area contributed by atoms with E-state index in [9.17, 15) is 0 Å². The van der Waals surface area contributed by atoms with E-state index in [-0.39, 0.29) is 21.1 Å². The van der Waals surface area contributed by atoms with Crippen molar-refractivity contribution in [3.8, 4) is 33.9 Å². The molecule has 0 aliphatic carbocycles. The van der Waals surface area contributed by atoms with Gasteiger partial charge in [0.1, 0.15) is 5.65 Å². The Morgan fingerprint density at radius 2 is 1.19 bits per heavy atom. The van der Waals surface area contributed by atoms with E-state index in [2.05, 4.69) is 111 Å². The molecule has 0 saturated carbocycles. The van der Waals surface area contributed by atoms with Gasteiger partial charge < -0.3 is 13.5 Å². The van der Waals surface area contributed by atoms with Gasteiger partial charge in [-0.15, -0.1) is 12.1 Å². The van der Waals surface area contributed by atoms with Gasteiger partial charge in [0.25, 0.3) is 0 Å². The van der Waals surface area contributed by atoms with Crippen LogP contribution in [0, 0.1) is 12.1 Å². The average Bonchev–Trinajstić information content (AvgIpc) is 3.82. The molecule has 0 spiro atoms. The number of hydrogen-bond donors (Lipinski definition) is 0. The Labute approximate surface area is 289 Å². The van der Waals surface area contributed by atoms with Gasteiger partial charge in [0.05, 0.1) is 17.0 Å². The number of imidazole rings is 2. The Hall–Kier alpha value is -5.84. The number of aromatic nitrogens is 5. The minimum absolute atomic E-state index is 0. The van der Waals surface area contributed by atoms with E-state index in [0.717, 1.165) is 71.6 Å². The first-order valence-corrected chi connectivity index (χ1v) is 15.4. The second-order valence-electron chi connectivity index (χ2n) is 11.6. The third-order valence-electron chi connectivity index (χ3n) is 8.92. The fourth-order valence-electron chi connectivity index (χ4n) is 6.79. The van der Waals surface area contributed by atoms with Crippen LogP contribution >= 0.6 is 0 Å². The van der Waals surface area contributed by atoms with Gasteiger partial charge in [-0.2, -0.15) is 0 Å². The SMILES string of the molecule is [Pt+2].[c-]1c(Oc2[c-]c3c(cc2)c2ccc(-c4ccccc4)cc2n2c(-c4ccccc4)cnc32)ccc2c1c1nccn1c1ncccc21. The molecule has 10 aromatic rings. The summed E-state index contributed by atoms with van der Waals surface area (Å²) in [5, 5.41) is 5.99. The van der Waals surface area contributed by atoms with E-state index in [1.54, 1.807) is 12.4 Å². The Morgan fingerprint density at radius 3 is 1.96 bits per heavy atom. The predicted octanol–water partition coefficient (Wildman–Crippen LogP) is 9.71. The summed E-state index contributed by atoms with van der Waals surface area (Å²) in [6.07, 6.45) is 7.46. The molecule has 0 aliphatic rings. The molecule has 0 bridgehead atoms. The smallest absolute Gasteiger partial charge is 0.497 e. The summed E-state index contributed by atoms with van der Waals surface area (Å²) in [7, 11) is 0. The van der Waals surface area contributed by atoms with E-state index < -0.39 is 0 Å². The van der Waals surface area contributed by atoms with Crippen LogP contribution in [-0.2, 0) is 21.1 Å². The molecule has 0 unspecified atom stereocenters. The zero-order valence-corrected chi connectivity index (χ0v) is 27.5. The number of rotatable bonds is 4. The van der Waals surface area contributed by atoms with E-state index in [4.69, 9.17) is 9.72 Å². The molecule has 0 radical (unpaired) electrons. The van der Waals surface area contributed by atoms with Crippen molar-refractivity contribution in [2.24, 2.45) is 0 Å². The van der Waals surface area contributed by atoms with Gasteiger partial charge in [-0.25, -0.2) is 4.98 Å². The number of fused-ring (bicyclic) bond motifs is 12. The zero-order valence-electron chi connectivity index (χ0n) is 25.2. The number of pyridine rings is 3. The first kappa shape index (κ1) is 28.4. The molecule has 6 nitrogen and oxygen atoms in total. The van der Waals surface area contributed by atoms with Gasteiger partial charge in [0, 0.05) is 41.8 Å².